The lowest BCUT2D eigenvalue weighted by Crippen LogP contribution is -2.48. The summed E-state index contributed by atoms with van der Waals surface area (Å²) < 4.78 is 5.68. The van der Waals surface area contributed by atoms with Gasteiger partial charge in [0.15, 0.2) is 0 Å². The van der Waals surface area contributed by atoms with Crippen LogP contribution in [-0.2, 0) is 9.53 Å². The van der Waals surface area contributed by atoms with Crippen LogP contribution in [0, 0.1) is 5.92 Å². The lowest BCUT2D eigenvalue weighted by atomic mass is 10.0. The number of carbonyl (C=O) groups is 1. The molecule has 5 nitrogen and oxygen atoms in total. The molecule has 0 aliphatic carbocycles. The zero-order valence-corrected chi connectivity index (χ0v) is 11.4. The number of amides is 1. The molecule has 0 aromatic heterocycles. The summed E-state index contributed by atoms with van der Waals surface area (Å²) in [4.78, 5) is 14.4. The first kappa shape index (κ1) is 13.8. The molecule has 2 fully saturated rings. The standard InChI is InChI=1S/C13H25N3O2/c1-3-16-6-7-18-11(9-16)8-15-13(17)12-4-5-14-10(12)2/h10-12,14H,3-9H2,1-2H3,(H,15,17). The van der Waals surface area contributed by atoms with Gasteiger partial charge in [0.2, 0.25) is 5.91 Å². The minimum atomic E-state index is 0.121. The molecule has 2 N–H and O–H groups in total. The maximum Gasteiger partial charge on any atom is 0.224 e. The fourth-order valence-corrected chi connectivity index (χ4v) is 2.75. The Balaban J connectivity index is 1.72. The summed E-state index contributed by atoms with van der Waals surface area (Å²) in [5.74, 6) is 0.292. The van der Waals surface area contributed by atoms with Crippen LogP contribution in [0.3, 0.4) is 0 Å². The Morgan fingerprint density at radius 2 is 2.39 bits per heavy atom. The number of hydrogen-bond donors (Lipinski definition) is 2. The topological polar surface area (TPSA) is 53.6 Å². The molecule has 0 aromatic rings. The second-order valence-corrected chi connectivity index (χ2v) is 5.27. The van der Waals surface area contributed by atoms with E-state index in [1.807, 2.05) is 0 Å². The number of nitrogens with zero attached hydrogens (tertiary/aromatic N) is 1. The molecular weight excluding hydrogens is 230 g/mol. The molecule has 18 heavy (non-hydrogen) atoms. The summed E-state index contributed by atoms with van der Waals surface area (Å²) in [6.45, 7) is 9.58. The number of rotatable bonds is 4. The van der Waals surface area contributed by atoms with E-state index in [0.717, 1.165) is 39.2 Å². The van der Waals surface area contributed by atoms with Gasteiger partial charge in [-0.25, -0.2) is 0 Å². The molecule has 104 valence electrons. The van der Waals surface area contributed by atoms with Gasteiger partial charge in [0.05, 0.1) is 18.6 Å². The molecule has 2 aliphatic rings. The molecule has 0 radical (unpaired) electrons. The number of nitrogens with one attached hydrogen (secondary N) is 2. The van der Waals surface area contributed by atoms with Gasteiger partial charge >= 0.3 is 0 Å². The molecule has 2 heterocycles. The van der Waals surface area contributed by atoms with E-state index in [1.54, 1.807) is 0 Å². The van der Waals surface area contributed by atoms with E-state index in [2.05, 4.69) is 29.4 Å². The largest absolute Gasteiger partial charge is 0.374 e. The molecule has 1 amide bonds. The lowest BCUT2D eigenvalue weighted by molar-refractivity contribution is -0.126. The van der Waals surface area contributed by atoms with Crippen LogP contribution < -0.4 is 10.6 Å². The van der Waals surface area contributed by atoms with Crippen molar-refractivity contribution in [2.24, 2.45) is 5.92 Å². The zero-order valence-electron chi connectivity index (χ0n) is 11.4. The highest BCUT2D eigenvalue weighted by molar-refractivity contribution is 5.79. The van der Waals surface area contributed by atoms with Crippen molar-refractivity contribution in [1.29, 1.82) is 0 Å². The van der Waals surface area contributed by atoms with Gasteiger partial charge in [-0.05, 0) is 26.4 Å². The number of hydrogen-bond acceptors (Lipinski definition) is 4. The van der Waals surface area contributed by atoms with Gasteiger partial charge in [0.1, 0.15) is 0 Å². The van der Waals surface area contributed by atoms with E-state index in [9.17, 15) is 4.79 Å². The number of morpholine rings is 1. The second kappa shape index (κ2) is 6.50. The predicted octanol–water partition coefficient (Wildman–Crippen LogP) is -0.179. The van der Waals surface area contributed by atoms with Crippen molar-refractivity contribution in [2.75, 3.05) is 39.3 Å². The second-order valence-electron chi connectivity index (χ2n) is 5.27. The van der Waals surface area contributed by atoms with Crippen LogP contribution >= 0.6 is 0 Å². The van der Waals surface area contributed by atoms with Crippen molar-refractivity contribution in [3.8, 4) is 0 Å². The molecule has 3 atom stereocenters. The van der Waals surface area contributed by atoms with E-state index in [1.165, 1.54) is 0 Å². The Kier molecular flexibility index (Phi) is 4.97. The van der Waals surface area contributed by atoms with Gasteiger partial charge < -0.3 is 15.4 Å². The Bertz CT molecular complexity index is 285. The first-order valence-corrected chi connectivity index (χ1v) is 7.05. The van der Waals surface area contributed by atoms with Gasteiger partial charge in [-0.1, -0.05) is 6.92 Å². The first-order valence-electron chi connectivity index (χ1n) is 7.05. The van der Waals surface area contributed by atoms with E-state index in [0.29, 0.717) is 12.6 Å². The van der Waals surface area contributed by atoms with Crippen LogP contribution in [0.15, 0.2) is 0 Å². The van der Waals surface area contributed by atoms with Crippen LogP contribution in [0.4, 0.5) is 0 Å². The summed E-state index contributed by atoms with van der Waals surface area (Å²) in [7, 11) is 0. The normalized spacial score (nSPS) is 33.6. The lowest BCUT2D eigenvalue weighted by Gasteiger charge is -2.32. The van der Waals surface area contributed by atoms with Crippen molar-refractivity contribution in [3.63, 3.8) is 0 Å². The first-order chi connectivity index (χ1) is 8.70. The van der Waals surface area contributed by atoms with E-state index in [4.69, 9.17) is 4.74 Å². The maximum absolute atomic E-state index is 12.0. The maximum atomic E-state index is 12.0. The fourth-order valence-electron chi connectivity index (χ4n) is 2.75. The van der Waals surface area contributed by atoms with Gasteiger partial charge in [-0.2, -0.15) is 0 Å². The van der Waals surface area contributed by atoms with Crippen LogP contribution in [0.1, 0.15) is 20.3 Å². The third-order valence-electron chi connectivity index (χ3n) is 4.04. The molecule has 5 heteroatoms. The molecule has 0 aromatic carbocycles. The van der Waals surface area contributed by atoms with Gasteiger partial charge in [-0.3, -0.25) is 9.69 Å². The minimum absolute atomic E-state index is 0.121. The van der Waals surface area contributed by atoms with E-state index < -0.39 is 0 Å². The van der Waals surface area contributed by atoms with Crippen molar-refractivity contribution in [1.82, 2.24) is 15.5 Å². The third-order valence-corrected chi connectivity index (χ3v) is 4.04. The number of likely N-dealkylation sites (N-methyl/N-ethyl adjacent to an activating group) is 1. The van der Waals surface area contributed by atoms with Gasteiger partial charge in [-0.15, -0.1) is 0 Å². The third kappa shape index (κ3) is 3.43. The smallest absolute Gasteiger partial charge is 0.224 e. The molecule has 0 bridgehead atoms. The number of ether oxygens (including phenoxy) is 1. The van der Waals surface area contributed by atoms with Crippen LogP contribution in [-0.4, -0.2) is 62.3 Å². The molecule has 3 unspecified atom stereocenters. The molecule has 0 spiro atoms. The Morgan fingerprint density at radius 3 is 3.06 bits per heavy atom. The zero-order chi connectivity index (χ0) is 13.0. The summed E-state index contributed by atoms with van der Waals surface area (Å²) in [6, 6.07) is 0.296. The average molecular weight is 255 g/mol. The molecule has 2 saturated heterocycles. The minimum Gasteiger partial charge on any atom is -0.374 e. The average Bonchev–Trinajstić information content (AvgIpc) is 2.82. The van der Waals surface area contributed by atoms with Gasteiger partial charge in [0.25, 0.3) is 0 Å². The summed E-state index contributed by atoms with van der Waals surface area (Å²) in [5, 5.41) is 6.34. The van der Waals surface area contributed by atoms with Crippen molar-refractivity contribution >= 4 is 5.91 Å². The monoisotopic (exact) mass is 255 g/mol. The van der Waals surface area contributed by atoms with Crippen LogP contribution in [0.5, 0.6) is 0 Å². The summed E-state index contributed by atoms with van der Waals surface area (Å²) >= 11 is 0. The quantitative estimate of drug-likeness (QED) is 0.732. The highest BCUT2D eigenvalue weighted by Gasteiger charge is 2.30. The van der Waals surface area contributed by atoms with E-state index >= 15 is 0 Å². The van der Waals surface area contributed by atoms with Crippen molar-refractivity contribution in [3.05, 3.63) is 0 Å². The molecular formula is C13H25N3O2. The predicted molar refractivity (Wildman–Crippen MR) is 70.4 cm³/mol. The van der Waals surface area contributed by atoms with E-state index in [-0.39, 0.29) is 17.9 Å². The Hall–Kier alpha value is -0.650. The SMILES string of the molecule is CCN1CCOC(CNC(=O)C2CCNC2C)C1. The molecule has 2 rings (SSSR count). The van der Waals surface area contributed by atoms with Crippen LogP contribution in [0.2, 0.25) is 0 Å². The summed E-state index contributed by atoms with van der Waals surface area (Å²) in [6.07, 6.45) is 1.09. The fraction of sp³-hybridized carbons (Fsp3) is 0.923. The van der Waals surface area contributed by atoms with Crippen LogP contribution in [0.25, 0.3) is 0 Å². The summed E-state index contributed by atoms with van der Waals surface area (Å²) in [5.41, 5.74) is 0. The molecule has 0 saturated carbocycles. The van der Waals surface area contributed by atoms with Crippen molar-refractivity contribution in [2.45, 2.75) is 32.4 Å². The van der Waals surface area contributed by atoms with Gasteiger partial charge in [0, 0.05) is 25.7 Å². The Morgan fingerprint density at radius 1 is 1.56 bits per heavy atom. The van der Waals surface area contributed by atoms with Crippen molar-refractivity contribution < 1.29 is 9.53 Å². The highest BCUT2D eigenvalue weighted by atomic mass is 16.5. The Labute approximate surface area is 109 Å². The highest BCUT2D eigenvalue weighted by Crippen LogP contribution is 2.15. The number of carbonyl (C=O) groups excluding carboxylic acids is 1. The molecule has 2 aliphatic heterocycles.